The van der Waals surface area contributed by atoms with E-state index in [2.05, 4.69) is 15.3 Å². The van der Waals surface area contributed by atoms with Crippen molar-refractivity contribution < 1.29 is 28.9 Å². The normalized spacial score (nSPS) is 10.3. The average Bonchev–Trinajstić information content (AvgIpc) is 2.48. The topological polar surface area (TPSA) is 106 Å². The van der Waals surface area contributed by atoms with Gasteiger partial charge in [-0.05, 0) is 6.92 Å². The number of phenolic OH excluding ortho intramolecular Hbond substituents is 1. The van der Waals surface area contributed by atoms with E-state index in [1.165, 1.54) is 26.5 Å². The Morgan fingerprint density at radius 1 is 1.32 bits per heavy atom. The zero-order valence-corrected chi connectivity index (χ0v) is 12.6. The largest absolute Gasteiger partial charge is 0.507 e. The molecule has 22 heavy (non-hydrogen) atoms. The Morgan fingerprint density at radius 3 is 2.64 bits per heavy atom. The van der Waals surface area contributed by atoms with Gasteiger partial charge in [-0.3, -0.25) is 9.59 Å². The van der Waals surface area contributed by atoms with E-state index in [1.807, 2.05) is 0 Å². The molecule has 0 atom stereocenters. The molecule has 0 bridgehead atoms. The fourth-order valence-electron chi connectivity index (χ4n) is 1.56. The molecule has 0 fully saturated rings. The van der Waals surface area contributed by atoms with E-state index >= 15 is 0 Å². The highest BCUT2D eigenvalue weighted by molar-refractivity contribution is 5.95. The van der Waals surface area contributed by atoms with Gasteiger partial charge in [0.15, 0.2) is 0 Å². The van der Waals surface area contributed by atoms with Crippen LogP contribution >= 0.6 is 0 Å². The Morgan fingerprint density at radius 2 is 2.05 bits per heavy atom. The van der Waals surface area contributed by atoms with E-state index in [4.69, 9.17) is 9.47 Å². The van der Waals surface area contributed by atoms with Gasteiger partial charge in [0.2, 0.25) is 0 Å². The van der Waals surface area contributed by atoms with Crippen LogP contribution in [0.3, 0.4) is 0 Å². The molecule has 0 heterocycles. The monoisotopic (exact) mass is 310 g/mol. The number of hydrogen-bond donors (Lipinski definition) is 2. The summed E-state index contributed by atoms with van der Waals surface area (Å²) >= 11 is 0. The minimum Gasteiger partial charge on any atom is -0.507 e. The quantitative estimate of drug-likeness (QED) is 0.334. The van der Waals surface area contributed by atoms with Crippen LogP contribution in [-0.2, 0) is 14.3 Å². The van der Waals surface area contributed by atoms with Crippen LogP contribution in [0.2, 0.25) is 0 Å². The van der Waals surface area contributed by atoms with Crippen molar-refractivity contribution in [1.29, 1.82) is 0 Å². The summed E-state index contributed by atoms with van der Waals surface area (Å²) in [5, 5.41) is 13.5. The molecule has 120 valence electrons. The van der Waals surface area contributed by atoms with E-state index in [0.29, 0.717) is 11.5 Å². The van der Waals surface area contributed by atoms with Crippen molar-refractivity contribution >= 4 is 18.1 Å². The lowest BCUT2D eigenvalue weighted by Gasteiger charge is -2.09. The van der Waals surface area contributed by atoms with Crippen LogP contribution in [0.4, 0.5) is 0 Å². The second-order valence-corrected chi connectivity index (χ2v) is 4.04. The van der Waals surface area contributed by atoms with Gasteiger partial charge in [0.1, 0.15) is 23.7 Å². The van der Waals surface area contributed by atoms with Crippen molar-refractivity contribution in [3.05, 3.63) is 17.7 Å². The number of phenols is 1. The predicted octanol–water partition coefficient (Wildman–Crippen LogP) is 0.813. The first-order valence-corrected chi connectivity index (χ1v) is 6.44. The van der Waals surface area contributed by atoms with Crippen LogP contribution in [-0.4, -0.2) is 44.0 Å². The van der Waals surface area contributed by atoms with E-state index in [-0.39, 0.29) is 17.9 Å². The average molecular weight is 310 g/mol. The van der Waals surface area contributed by atoms with Gasteiger partial charge < -0.3 is 19.3 Å². The van der Waals surface area contributed by atoms with Crippen LogP contribution in [0.15, 0.2) is 17.2 Å². The predicted molar refractivity (Wildman–Crippen MR) is 78.2 cm³/mol. The maximum Gasteiger partial charge on any atom is 0.315 e. The van der Waals surface area contributed by atoms with Gasteiger partial charge in [0.05, 0.1) is 32.6 Å². The summed E-state index contributed by atoms with van der Waals surface area (Å²) < 4.78 is 14.7. The van der Waals surface area contributed by atoms with Gasteiger partial charge in [-0.15, -0.1) is 0 Å². The zero-order chi connectivity index (χ0) is 16.5. The number of aromatic hydroxyl groups is 1. The fraction of sp³-hybridized carbons (Fsp3) is 0.357. The van der Waals surface area contributed by atoms with Gasteiger partial charge in [-0.1, -0.05) is 0 Å². The number of carbonyl (C=O) groups is 2. The van der Waals surface area contributed by atoms with E-state index in [1.54, 1.807) is 13.0 Å². The summed E-state index contributed by atoms with van der Waals surface area (Å²) in [5.41, 5.74) is 2.42. The number of methoxy groups -OCH3 is 2. The van der Waals surface area contributed by atoms with Gasteiger partial charge in [-0.2, -0.15) is 5.10 Å². The molecule has 0 radical (unpaired) electrons. The van der Waals surface area contributed by atoms with Crippen LogP contribution in [0.5, 0.6) is 17.2 Å². The second-order valence-electron chi connectivity index (χ2n) is 4.04. The first kappa shape index (κ1) is 17.3. The lowest BCUT2D eigenvalue weighted by atomic mass is 10.2. The van der Waals surface area contributed by atoms with Crippen molar-refractivity contribution in [2.75, 3.05) is 20.8 Å². The van der Waals surface area contributed by atoms with Gasteiger partial charge >= 0.3 is 5.97 Å². The van der Waals surface area contributed by atoms with E-state index < -0.39 is 18.3 Å². The molecule has 1 amide bonds. The molecule has 0 saturated heterocycles. The third-order valence-corrected chi connectivity index (χ3v) is 2.54. The molecule has 0 unspecified atom stereocenters. The van der Waals surface area contributed by atoms with Crippen LogP contribution < -0.4 is 14.9 Å². The molecule has 0 aromatic heterocycles. The lowest BCUT2D eigenvalue weighted by Crippen LogP contribution is -2.22. The molecule has 0 aliphatic carbocycles. The molecule has 2 N–H and O–H groups in total. The third kappa shape index (κ3) is 4.97. The summed E-state index contributed by atoms with van der Waals surface area (Å²) in [5.74, 6) is -0.653. The summed E-state index contributed by atoms with van der Waals surface area (Å²) in [6, 6.07) is 2.94. The fourth-order valence-corrected chi connectivity index (χ4v) is 1.56. The standard InChI is InChI=1S/C14H18N2O6/c1-4-22-14(19)7-13(18)16-15-8-10-11(17)5-9(20-2)6-12(10)21-3/h5-6,8,17H,4,7H2,1-3H3,(H,16,18). The molecule has 1 aromatic rings. The second kappa shape index (κ2) is 8.50. The highest BCUT2D eigenvalue weighted by Crippen LogP contribution is 2.31. The Balaban J connectivity index is 2.74. The Labute approximate surface area is 127 Å². The summed E-state index contributed by atoms with van der Waals surface area (Å²) in [4.78, 5) is 22.5. The molecule has 8 heteroatoms. The summed E-state index contributed by atoms with van der Waals surface area (Å²) in [6.07, 6.45) is 0.771. The Bertz CT molecular complexity index is 571. The Hall–Kier alpha value is -2.77. The highest BCUT2D eigenvalue weighted by Gasteiger charge is 2.11. The number of ether oxygens (including phenoxy) is 3. The summed E-state index contributed by atoms with van der Waals surface area (Å²) in [6.45, 7) is 1.85. The molecule has 0 spiro atoms. The van der Waals surface area contributed by atoms with Crippen LogP contribution in [0, 0.1) is 0 Å². The zero-order valence-electron chi connectivity index (χ0n) is 12.6. The molecule has 0 aliphatic rings. The highest BCUT2D eigenvalue weighted by atomic mass is 16.5. The van der Waals surface area contributed by atoms with E-state index in [0.717, 1.165) is 0 Å². The molecule has 0 aliphatic heterocycles. The lowest BCUT2D eigenvalue weighted by molar-refractivity contribution is -0.145. The van der Waals surface area contributed by atoms with Crippen molar-refractivity contribution in [3.8, 4) is 17.2 Å². The van der Waals surface area contributed by atoms with E-state index in [9.17, 15) is 14.7 Å². The van der Waals surface area contributed by atoms with Crippen molar-refractivity contribution in [3.63, 3.8) is 0 Å². The number of benzene rings is 1. The number of hydrogen-bond acceptors (Lipinski definition) is 7. The van der Waals surface area contributed by atoms with Crippen molar-refractivity contribution in [2.24, 2.45) is 5.10 Å². The minimum atomic E-state index is -0.639. The number of nitrogens with zero attached hydrogens (tertiary/aromatic N) is 1. The molecule has 0 saturated carbocycles. The molecular formula is C14H18N2O6. The van der Waals surface area contributed by atoms with Gasteiger partial charge in [-0.25, -0.2) is 5.43 Å². The maximum atomic E-state index is 11.4. The van der Waals surface area contributed by atoms with Gasteiger partial charge in [0.25, 0.3) is 5.91 Å². The minimum absolute atomic E-state index is 0.125. The molecule has 1 rings (SSSR count). The van der Waals surface area contributed by atoms with Crippen molar-refractivity contribution in [1.82, 2.24) is 5.43 Å². The maximum absolute atomic E-state index is 11.4. The molecular weight excluding hydrogens is 292 g/mol. The third-order valence-electron chi connectivity index (χ3n) is 2.54. The smallest absolute Gasteiger partial charge is 0.315 e. The number of amides is 1. The first-order valence-electron chi connectivity index (χ1n) is 6.44. The number of nitrogens with one attached hydrogen (secondary N) is 1. The van der Waals surface area contributed by atoms with Crippen LogP contribution in [0.25, 0.3) is 0 Å². The Kier molecular flexibility index (Phi) is 6.68. The number of hydrazone groups is 1. The number of carbonyl (C=O) groups excluding carboxylic acids is 2. The van der Waals surface area contributed by atoms with Crippen LogP contribution in [0.1, 0.15) is 18.9 Å². The van der Waals surface area contributed by atoms with Crippen molar-refractivity contribution in [2.45, 2.75) is 13.3 Å². The summed E-state index contributed by atoms with van der Waals surface area (Å²) in [7, 11) is 2.88. The molecule has 8 nitrogen and oxygen atoms in total. The first-order chi connectivity index (χ1) is 10.5. The number of rotatable bonds is 7. The molecule has 1 aromatic carbocycles. The van der Waals surface area contributed by atoms with Gasteiger partial charge in [0, 0.05) is 12.1 Å². The number of esters is 1. The SMILES string of the molecule is CCOC(=O)CC(=O)NN=Cc1c(O)cc(OC)cc1OC.